The van der Waals surface area contributed by atoms with Crippen molar-refractivity contribution in [3.63, 3.8) is 0 Å². The number of anilines is 1. The van der Waals surface area contributed by atoms with E-state index in [4.69, 9.17) is 0 Å². The maximum absolute atomic E-state index is 4.64. The van der Waals surface area contributed by atoms with Crippen LogP contribution < -0.4 is 5.32 Å². The van der Waals surface area contributed by atoms with Crippen molar-refractivity contribution < 1.29 is 0 Å². The highest BCUT2D eigenvalue weighted by molar-refractivity contribution is 7.22. The summed E-state index contributed by atoms with van der Waals surface area (Å²) >= 11 is 1.71. The molecule has 19 heavy (non-hydrogen) atoms. The number of thiazole rings is 1. The van der Waals surface area contributed by atoms with Gasteiger partial charge in [0.2, 0.25) is 0 Å². The lowest BCUT2D eigenvalue weighted by Gasteiger charge is -1.99. The molecule has 4 nitrogen and oxygen atoms in total. The monoisotopic (exact) mass is 272 g/mol. The number of para-hydroxylation sites is 1. The molecule has 3 rings (SSSR count). The number of benzene rings is 1. The molecule has 0 aliphatic heterocycles. The second kappa shape index (κ2) is 5.01. The minimum absolute atomic E-state index is 0.880. The second-order valence-electron chi connectivity index (χ2n) is 4.64. The highest BCUT2D eigenvalue weighted by Gasteiger charge is 2.05. The SMILES string of the molecule is Cc1cccc2sc(NCCc3cnn(C)c3)nc12. The van der Waals surface area contributed by atoms with Crippen LogP contribution in [0.3, 0.4) is 0 Å². The lowest BCUT2D eigenvalue weighted by atomic mass is 10.2. The predicted molar refractivity (Wildman–Crippen MR) is 79.8 cm³/mol. The van der Waals surface area contributed by atoms with Crippen LogP contribution >= 0.6 is 11.3 Å². The van der Waals surface area contributed by atoms with Crippen molar-refractivity contribution in [3.05, 3.63) is 41.7 Å². The third-order valence-corrected chi connectivity index (χ3v) is 4.05. The van der Waals surface area contributed by atoms with Crippen LogP contribution in [-0.4, -0.2) is 21.3 Å². The molecule has 0 amide bonds. The minimum atomic E-state index is 0.880. The molecule has 0 atom stereocenters. The third-order valence-electron chi connectivity index (χ3n) is 3.07. The zero-order chi connectivity index (χ0) is 13.2. The van der Waals surface area contributed by atoms with Gasteiger partial charge in [0.15, 0.2) is 5.13 Å². The zero-order valence-electron chi connectivity index (χ0n) is 11.1. The first-order valence-electron chi connectivity index (χ1n) is 6.30. The van der Waals surface area contributed by atoms with Gasteiger partial charge >= 0.3 is 0 Å². The van der Waals surface area contributed by atoms with E-state index < -0.39 is 0 Å². The Hall–Kier alpha value is -1.88. The van der Waals surface area contributed by atoms with Gasteiger partial charge in [0.25, 0.3) is 0 Å². The minimum Gasteiger partial charge on any atom is -0.361 e. The van der Waals surface area contributed by atoms with E-state index in [-0.39, 0.29) is 0 Å². The Morgan fingerprint density at radius 1 is 1.37 bits per heavy atom. The first kappa shape index (κ1) is 12.2. The fourth-order valence-electron chi connectivity index (χ4n) is 2.08. The van der Waals surface area contributed by atoms with Crippen molar-refractivity contribution in [3.8, 4) is 0 Å². The summed E-state index contributed by atoms with van der Waals surface area (Å²) in [5.74, 6) is 0. The summed E-state index contributed by atoms with van der Waals surface area (Å²) in [5.41, 5.74) is 3.58. The average molecular weight is 272 g/mol. The van der Waals surface area contributed by atoms with Crippen molar-refractivity contribution in [1.29, 1.82) is 0 Å². The van der Waals surface area contributed by atoms with Gasteiger partial charge in [-0.15, -0.1) is 0 Å². The molecule has 3 aromatic rings. The summed E-state index contributed by atoms with van der Waals surface area (Å²) in [6, 6.07) is 6.29. The van der Waals surface area contributed by atoms with Crippen LogP contribution in [-0.2, 0) is 13.5 Å². The van der Waals surface area contributed by atoms with Crippen LogP contribution in [0.15, 0.2) is 30.6 Å². The van der Waals surface area contributed by atoms with Crippen LogP contribution in [0.5, 0.6) is 0 Å². The zero-order valence-corrected chi connectivity index (χ0v) is 11.9. The average Bonchev–Trinajstić information content (AvgIpc) is 2.97. The molecular formula is C14H16N4S. The highest BCUT2D eigenvalue weighted by Crippen LogP contribution is 2.27. The Morgan fingerprint density at radius 2 is 2.26 bits per heavy atom. The molecule has 98 valence electrons. The Morgan fingerprint density at radius 3 is 3.00 bits per heavy atom. The van der Waals surface area contributed by atoms with E-state index in [9.17, 15) is 0 Å². The summed E-state index contributed by atoms with van der Waals surface area (Å²) in [6.07, 6.45) is 4.91. The van der Waals surface area contributed by atoms with E-state index in [1.807, 2.05) is 24.1 Å². The lowest BCUT2D eigenvalue weighted by Crippen LogP contribution is -2.03. The summed E-state index contributed by atoms with van der Waals surface area (Å²) in [7, 11) is 1.94. The van der Waals surface area contributed by atoms with Gasteiger partial charge in [0.05, 0.1) is 16.4 Å². The molecular weight excluding hydrogens is 256 g/mol. The normalized spacial score (nSPS) is 11.1. The molecule has 0 bridgehead atoms. The number of fused-ring (bicyclic) bond motifs is 1. The molecule has 1 N–H and O–H groups in total. The van der Waals surface area contributed by atoms with Crippen LogP contribution in [0, 0.1) is 6.92 Å². The number of aromatic nitrogens is 3. The summed E-state index contributed by atoms with van der Waals surface area (Å²) in [4.78, 5) is 4.64. The first-order chi connectivity index (χ1) is 9.22. The molecule has 0 radical (unpaired) electrons. The quantitative estimate of drug-likeness (QED) is 0.794. The smallest absolute Gasteiger partial charge is 0.183 e. The fourth-order valence-corrected chi connectivity index (χ4v) is 3.05. The number of hydrogen-bond acceptors (Lipinski definition) is 4. The summed E-state index contributed by atoms with van der Waals surface area (Å²) < 4.78 is 3.07. The molecule has 0 spiro atoms. The van der Waals surface area contributed by atoms with Crippen LogP contribution in [0.4, 0.5) is 5.13 Å². The van der Waals surface area contributed by atoms with E-state index in [2.05, 4.69) is 40.5 Å². The third kappa shape index (κ3) is 2.61. The number of nitrogens with one attached hydrogen (secondary N) is 1. The Kier molecular flexibility index (Phi) is 3.21. The second-order valence-corrected chi connectivity index (χ2v) is 5.67. The van der Waals surface area contributed by atoms with Gasteiger partial charge in [-0.25, -0.2) is 4.98 Å². The van der Waals surface area contributed by atoms with Crippen molar-refractivity contribution in [2.24, 2.45) is 7.05 Å². The van der Waals surface area contributed by atoms with Gasteiger partial charge in [0.1, 0.15) is 0 Å². The fraction of sp³-hybridized carbons (Fsp3) is 0.286. The number of aryl methyl sites for hydroxylation is 2. The van der Waals surface area contributed by atoms with Crippen LogP contribution in [0.1, 0.15) is 11.1 Å². The molecule has 0 saturated carbocycles. The van der Waals surface area contributed by atoms with E-state index in [0.29, 0.717) is 0 Å². The van der Waals surface area contributed by atoms with Gasteiger partial charge in [-0.1, -0.05) is 23.5 Å². The van der Waals surface area contributed by atoms with E-state index in [0.717, 1.165) is 23.6 Å². The Balaban J connectivity index is 1.67. The Labute approximate surface area is 116 Å². The molecule has 0 fully saturated rings. The van der Waals surface area contributed by atoms with Gasteiger partial charge in [0, 0.05) is 19.8 Å². The standard InChI is InChI=1S/C14H16N4S/c1-10-4-3-5-12-13(10)17-14(19-12)15-7-6-11-8-16-18(2)9-11/h3-5,8-9H,6-7H2,1-2H3,(H,15,17). The van der Waals surface area contributed by atoms with Crippen molar-refractivity contribution in [2.45, 2.75) is 13.3 Å². The van der Waals surface area contributed by atoms with Gasteiger partial charge in [-0.05, 0) is 30.5 Å². The summed E-state index contributed by atoms with van der Waals surface area (Å²) in [5, 5.41) is 8.55. The highest BCUT2D eigenvalue weighted by atomic mass is 32.1. The van der Waals surface area contributed by atoms with Gasteiger partial charge in [-0.3, -0.25) is 4.68 Å². The topological polar surface area (TPSA) is 42.7 Å². The molecule has 0 saturated heterocycles. The molecule has 2 heterocycles. The van der Waals surface area contributed by atoms with E-state index in [1.54, 1.807) is 11.3 Å². The molecule has 0 unspecified atom stereocenters. The van der Waals surface area contributed by atoms with Crippen molar-refractivity contribution >= 4 is 26.7 Å². The molecule has 1 aromatic carbocycles. The van der Waals surface area contributed by atoms with Crippen LogP contribution in [0.25, 0.3) is 10.2 Å². The lowest BCUT2D eigenvalue weighted by molar-refractivity contribution is 0.767. The number of hydrogen-bond donors (Lipinski definition) is 1. The molecule has 5 heteroatoms. The van der Waals surface area contributed by atoms with E-state index in [1.165, 1.54) is 15.8 Å². The first-order valence-corrected chi connectivity index (χ1v) is 7.11. The number of rotatable bonds is 4. The number of nitrogens with zero attached hydrogens (tertiary/aromatic N) is 3. The Bertz CT molecular complexity index is 698. The van der Waals surface area contributed by atoms with E-state index >= 15 is 0 Å². The molecule has 0 aliphatic carbocycles. The van der Waals surface area contributed by atoms with Crippen molar-refractivity contribution in [2.75, 3.05) is 11.9 Å². The summed E-state index contributed by atoms with van der Waals surface area (Å²) in [6.45, 7) is 2.98. The van der Waals surface area contributed by atoms with Gasteiger partial charge < -0.3 is 5.32 Å². The van der Waals surface area contributed by atoms with Gasteiger partial charge in [-0.2, -0.15) is 5.10 Å². The maximum atomic E-state index is 4.64. The maximum Gasteiger partial charge on any atom is 0.183 e. The van der Waals surface area contributed by atoms with Crippen LogP contribution in [0.2, 0.25) is 0 Å². The predicted octanol–water partition coefficient (Wildman–Crippen LogP) is 2.99. The largest absolute Gasteiger partial charge is 0.361 e. The molecule has 0 aliphatic rings. The van der Waals surface area contributed by atoms with Crippen molar-refractivity contribution in [1.82, 2.24) is 14.8 Å². The molecule has 2 aromatic heterocycles.